The third-order valence-electron chi connectivity index (χ3n) is 5.18. The lowest BCUT2D eigenvalue weighted by Crippen LogP contribution is -2.16. The highest BCUT2D eigenvalue weighted by molar-refractivity contribution is 5.91. The van der Waals surface area contributed by atoms with Gasteiger partial charge in [-0.15, -0.1) is 0 Å². The average molecular weight is 347 g/mol. The summed E-state index contributed by atoms with van der Waals surface area (Å²) in [6.07, 6.45) is 8.62. The number of fused-ring (bicyclic) bond motifs is 1. The first-order valence-corrected chi connectivity index (χ1v) is 9.53. The fourth-order valence-corrected chi connectivity index (χ4v) is 3.65. The molecule has 2 aromatic rings. The van der Waals surface area contributed by atoms with Gasteiger partial charge in [-0.1, -0.05) is 38.7 Å². The van der Waals surface area contributed by atoms with Crippen LogP contribution in [0.15, 0.2) is 42.5 Å². The van der Waals surface area contributed by atoms with Gasteiger partial charge in [-0.3, -0.25) is 0 Å². The average Bonchev–Trinajstić information content (AvgIpc) is 2.68. The summed E-state index contributed by atoms with van der Waals surface area (Å²) in [5, 5.41) is 8.82. The van der Waals surface area contributed by atoms with E-state index < -0.39 is 0 Å². The molecule has 1 unspecified atom stereocenters. The molecule has 2 aromatic carbocycles. The highest BCUT2D eigenvalue weighted by atomic mass is 16.5. The van der Waals surface area contributed by atoms with Crippen LogP contribution >= 0.6 is 0 Å². The van der Waals surface area contributed by atoms with E-state index in [0.717, 1.165) is 18.8 Å². The van der Waals surface area contributed by atoms with Crippen molar-refractivity contribution < 1.29 is 9.53 Å². The maximum absolute atomic E-state index is 12.4. The molecule has 3 rings (SSSR count). The molecule has 3 nitrogen and oxygen atoms in total. The predicted molar refractivity (Wildman–Crippen MR) is 102 cm³/mol. The number of ether oxygens (including phenoxy) is 1. The number of benzene rings is 2. The lowest BCUT2D eigenvalue weighted by atomic mass is 9.81. The summed E-state index contributed by atoms with van der Waals surface area (Å²) in [6.45, 7) is 2.24. The first-order chi connectivity index (χ1) is 12.7. The first kappa shape index (κ1) is 18.2. The fraction of sp³-hybridized carbons (Fsp3) is 0.391. The topological polar surface area (TPSA) is 50.1 Å². The third-order valence-corrected chi connectivity index (χ3v) is 5.18. The molecule has 1 aliphatic rings. The van der Waals surface area contributed by atoms with E-state index in [0.29, 0.717) is 16.9 Å². The summed E-state index contributed by atoms with van der Waals surface area (Å²) in [4.78, 5) is 12.4. The van der Waals surface area contributed by atoms with Crippen molar-refractivity contribution in [3.63, 3.8) is 0 Å². The zero-order chi connectivity index (χ0) is 18.4. The van der Waals surface area contributed by atoms with Gasteiger partial charge in [0, 0.05) is 0 Å². The summed E-state index contributed by atoms with van der Waals surface area (Å²) in [6, 6.07) is 14.6. The molecule has 0 amide bonds. The minimum Gasteiger partial charge on any atom is -0.423 e. The Labute approximate surface area is 155 Å². The van der Waals surface area contributed by atoms with E-state index in [-0.39, 0.29) is 5.97 Å². The summed E-state index contributed by atoms with van der Waals surface area (Å²) in [7, 11) is 0. The number of nitrogens with zero attached hydrogens (tertiary/aromatic N) is 1. The van der Waals surface area contributed by atoms with E-state index >= 15 is 0 Å². The molecule has 0 radical (unpaired) electrons. The van der Waals surface area contributed by atoms with Crippen molar-refractivity contribution in [2.45, 2.75) is 51.9 Å². The van der Waals surface area contributed by atoms with Gasteiger partial charge in [0.05, 0.1) is 17.2 Å². The van der Waals surface area contributed by atoms with Crippen LogP contribution in [0.5, 0.6) is 5.75 Å². The molecule has 0 aromatic heterocycles. The van der Waals surface area contributed by atoms with Crippen LogP contribution in [0, 0.1) is 17.2 Å². The van der Waals surface area contributed by atoms with Gasteiger partial charge < -0.3 is 4.74 Å². The Bertz CT molecular complexity index is 802. The van der Waals surface area contributed by atoms with Crippen molar-refractivity contribution in [1.82, 2.24) is 0 Å². The largest absolute Gasteiger partial charge is 0.423 e. The minimum absolute atomic E-state index is 0.345. The smallest absolute Gasteiger partial charge is 0.343 e. The van der Waals surface area contributed by atoms with Crippen LogP contribution < -0.4 is 4.74 Å². The van der Waals surface area contributed by atoms with Crippen LogP contribution in [0.1, 0.15) is 66.1 Å². The molecule has 0 aliphatic heterocycles. The molecule has 134 valence electrons. The Balaban J connectivity index is 1.63. The van der Waals surface area contributed by atoms with E-state index in [9.17, 15) is 4.79 Å². The van der Waals surface area contributed by atoms with Crippen LogP contribution in [-0.2, 0) is 12.8 Å². The van der Waals surface area contributed by atoms with Crippen molar-refractivity contribution in [3.8, 4) is 11.8 Å². The Kier molecular flexibility index (Phi) is 6.07. The molecular formula is C23H25NO2. The van der Waals surface area contributed by atoms with Crippen molar-refractivity contribution in [1.29, 1.82) is 5.26 Å². The van der Waals surface area contributed by atoms with E-state index in [1.165, 1.54) is 43.2 Å². The van der Waals surface area contributed by atoms with E-state index in [4.69, 9.17) is 10.00 Å². The van der Waals surface area contributed by atoms with E-state index in [2.05, 4.69) is 19.1 Å². The molecule has 0 bridgehead atoms. The van der Waals surface area contributed by atoms with Crippen LogP contribution in [-0.4, -0.2) is 5.97 Å². The maximum atomic E-state index is 12.4. The Hall–Kier alpha value is -2.60. The number of nitriles is 1. The van der Waals surface area contributed by atoms with Gasteiger partial charge in [-0.05, 0) is 72.7 Å². The Morgan fingerprint density at radius 2 is 1.96 bits per heavy atom. The highest BCUT2D eigenvalue weighted by Gasteiger charge is 2.20. The van der Waals surface area contributed by atoms with Crippen LogP contribution in [0.25, 0.3) is 0 Å². The predicted octanol–water partition coefficient (Wildman–Crippen LogP) is 5.46. The zero-order valence-corrected chi connectivity index (χ0v) is 15.3. The zero-order valence-electron chi connectivity index (χ0n) is 15.3. The van der Waals surface area contributed by atoms with Crippen molar-refractivity contribution in [2.75, 3.05) is 0 Å². The molecule has 0 spiro atoms. The monoisotopic (exact) mass is 347 g/mol. The van der Waals surface area contributed by atoms with Crippen molar-refractivity contribution >= 4 is 5.97 Å². The second-order valence-electron chi connectivity index (χ2n) is 7.11. The van der Waals surface area contributed by atoms with E-state index in [1.807, 2.05) is 12.1 Å². The van der Waals surface area contributed by atoms with Gasteiger partial charge in [0.15, 0.2) is 0 Å². The third kappa shape index (κ3) is 4.52. The summed E-state index contributed by atoms with van der Waals surface area (Å²) in [5.41, 5.74) is 3.81. The lowest BCUT2D eigenvalue weighted by Gasteiger charge is -2.25. The SMILES string of the molecule is CCCCCC1CCc2cc(C(=O)Oc3ccc(C#N)cc3)ccc2C1. The van der Waals surface area contributed by atoms with Crippen molar-refractivity contribution in [3.05, 3.63) is 64.7 Å². The molecule has 26 heavy (non-hydrogen) atoms. The molecule has 0 heterocycles. The molecule has 1 atom stereocenters. The van der Waals surface area contributed by atoms with Crippen LogP contribution in [0.2, 0.25) is 0 Å². The fourth-order valence-electron chi connectivity index (χ4n) is 3.65. The number of aryl methyl sites for hydroxylation is 1. The summed E-state index contributed by atoms with van der Waals surface area (Å²) < 4.78 is 5.43. The van der Waals surface area contributed by atoms with Gasteiger partial charge in [-0.2, -0.15) is 5.26 Å². The molecule has 0 saturated heterocycles. The summed E-state index contributed by atoms with van der Waals surface area (Å²) in [5.74, 6) is 0.899. The molecule has 0 saturated carbocycles. The quantitative estimate of drug-likeness (QED) is 0.396. The number of unbranched alkanes of at least 4 members (excludes halogenated alkanes) is 2. The van der Waals surface area contributed by atoms with Crippen LogP contribution in [0.3, 0.4) is 0 Å². The highest BCUT2D eigenvalue weighted by Crippen LogP contribution is 2.30. The molecule has 0 fully saturated rings. The minimum atomic E-state index is -0.345. The van der Waals surface area contributed by atoms with Crippen LogP contribution in [0.4, 0.5) is 0 Å². The van der Waals surface area contributed by atoms with E-state index in [1.54, 1.807) is 24.3 Å². The Morgan fingerprint density at radius 1 is 1.15 bits per heavy atom. The Morgan fingerprint density at radius 3 is 2.69 bits per heavy atom. The van der Waals surface area contributed by atoms with Gasteiger partial charge in [-0.25, -0.2) is 4.79 Å². The standard InChI is InChI=1S/C23H25NO2/c1-2-3-4-5-17-6-9-20-15-21(11-10-19(20)14-17)23(25)26-22-12-7-18(16-24)8-13-22/h7-8,10-13,15,17H,2-6,9,14H2,1H3. The first-order valence-electron chi connectivity index (χ1n) is 9.53. The normalized spacial score (nSPS) is 15.8. The molecule has 3 heteroatoms. The van der Waals surface area contributed by atoms with Gasteiger partial charge >= 0.3 is 5.97 Å². The number of hydrogen-bond donors (Lipinski definition) is 0. The van der Waals surface area contributed by atoms with Gasteiger partial charge in [0.2, 0.25) is 0 Å². The molecule has 1 aliphatic carbocycles. The summed E-state index contributed by atoms with van der Waals surface area (Å²) >= 11 is 0. The van der Waals surface area contributed by atoms with Crippen molar-refractivity contribution in [2.24, 2.45) is 5.92 Å². The molecular weight excluding hydrogens is 322 g/mol. The second kappa shape index (κ2) is 8.67. The second-order valence-corrected chi connectivity index (χ2v) is 7.11. The number of carbonyl (C=O) groups excluding carboxylic acids is 1. The lowest BCUT2D eigenvalue weighted by molar-refractivity contribution is 0.0734. The number of carbonyl (C=O) groups is 1. The van der Waals surface area contributed by atoms with Gasteiger partial charge in [0.25, 0.3) is 0 Å². The maximum Gasteiger partial charge on any atom is 0.343 e. The number of rotatable bonds is 6. The van der Waals surface area contributed by atoms with Gasteiger partial charge in [0.1, 0.15) is 5.75 Å². The number of esters is 1. The molecule has 0 N–H and O–H groups in total. The number of hydrogen-bond acceptors (Lipinski definition) is 3.